The Balaban J connectivity index is 2.68. The lowest BCUT2D eigenvalue weighted by atomic mass is 10.3. The molecule has 0 bridgehead atoms. The summed E-state index contributed by atoms with van der Waals surface area (Å²) >= 11 is 3.24. The van der Waals surface area contributed by atoms with Gasteiger partial charge in [-0.1, -0.05) is 21.1 Å². The largest absolute Gasteiger partial charge is 0.361 e. The van der Waals surface area contributed by atoms with E-state index in [0.717, 1.165) is 17.5 Å². The van der Waals surface area contributed by atoms with Crippen molar-refractivity contribution < 1.29 is 9.32 Å². The van der Waals surface area contributed by atoms with Crippen LogP contribution in [0.25, 0.3) is 0 Å². The fourth-order valence-corrected chi connectivity index (χ4v) is 0.986. The molecule has 54 valence electrons. The summed E-state index contributed by atoms with van der Waals surface area (Å²) in [5.74, 6) is 0.735. The fourth-order valence-electron chi connectivity index (χ4n) is 0.595. The van der Waals surface area contributed by atoms with E-state index in [9.17, 15) is 4.79 Å². The zero-order valence-electron chi connectivity index (χ0n) is 5.21. The van der Waals surface area contributed by atoms with Crippen LogP contribution in [0.2, 0.25) is 0 Å². The van der Waals surface area contributed by atoms with Crippen molar-refractivity contribution in [2.24, 2.45) is 0 Å². The summed E-state index contributed by atoms with van der Waals surface area (Å²) in [6.45, 7) is 0. The maximum Gasteiger partial charge on any atom is 0.171 e. The van der Waals surface area contributed by atoms with Crippen LogP contribution >= 0.6 is 15.9 Å². The van der Waals surface area contributed by atoms with Gasteiger partial charge in [-0.2, -0.15) is 0 Å². The van der Waals surface area contributed by atoms with Crippen molar-refractivity contribution in [2.75, 3.05) is 5.33 Å². The molecule has 0 saturated heterocycles. The summed E-state index contributed by atoms with van der Waals surface area (Å²) < 4.78 is 4.78. The summed E-state index contributed by atoms with van der Waals surface area (Å²) in [7, 11) is 0. The number of hydrogen-bond acceptors (Lipinski definition) is 3. The van der Waals surface area contributed by atoms with Gasteiger partial charge in [-0.05, 0) is 0 Å². The van der Waals surface area contributed by atoms with Crippen LogP contribution < -0.4 is 0 Å². The third-order valence-electron chi connectivity index (χ3n) is 1.04. The number of carbonyl (C=O) groups is 1. The first-order valence-electron chi connectivity index (χ1n) is 2.83. The second-order valence-corrected chi connectivity index (χ2v) is 2.57. The normalized spacial score (nSPS) is 9.70. The second kappa shape index (κ2) is 3.51. The van der Waals surface area contributed by atoms with E-state index in [2.05, 4.69) is 21.1 Å². The summed E-state index contributed by atoms with van der Waals surface area (Å²) in [6, 6.07) is 1.63. The van der Waals surface area contributed by atoms with Crippen molar-refractivity contribution >= 4 is 22.2 Å². The van der Waals surface area contributed by atoms with Gasteiger partial charge in [0.15, 0.2) is 6.29 Å². The molecule has 0 aliphatic rings. The fraction of sp³-hybridized carbons (Fsp3) is 0.333. The van der Waals surface area contributed by atoms with Crippen LogP contribution in [0.4, 0.5) is 0 Å². The van der Waals surface area contributed by atoms with Crippen molar-refractivity contribution in [3.8, 4) is 0 Å². The van der Waals surface area contributed by atoms with Crippen molar-refractivity contribution in [2.45, 2.75) is 6.42 Å². The van der Waals surface area contributed by atoms with E-state index in [1.165, 1.54) is 0 Å². The number of alkyl halides is 1. The molecular formula is C6H6BrNO2. The standard InChI is InChI=1S/C6H6BrNO2/c7-2-1-6-3-5(4-9)8-10-6/h3-4H,1-2H2. The highest BCUT2D eigenvalue weighted by molar-refractivity contribution is 9.09. The zero-order valence-corrected chi connectivity index (χ0v) is 6.80. The highest BCUT2D eigenvalue weighted by atomic mass is 79.9. The minimum atomic E-state index is 0.357. The van der Waals surface area contributed by atoms with Crippen LogP contribution in [0.1, 0.15) is 16.2 Å². The lowest BCUT2D eigenvalue weighted by molar-refractivity contribution is 0.111. The van der Waals surface area contributed by atoms with Gasteiger partial charge in [0.05, 0.1) is 0 Å². The Hall–Kier alpha value is -0.640. The molecule has 0 spiro atoms. The van der Waals surface area contributed by atoms with Gasteiger partial charge in [0.1, 0.15) is 11.5 Å². The van der Waals surface area contributed by atoms with E-state index in [1.807, 2.05) is 0 Å². The molecule has 0 N–H and O–H groups in total. The molecule has 0 atom stereocenters. The van der Waals surface area contributed by atoms with Crippen molar-refractivity contribution in [1.82, 2.24) is 5.16 Å². The quantitative estimate of drug-likeness (QED) is 0.552. The third-order valence-corrected chi connectivity index (χ3v) is 1.44. The number of carbonyl (C=O) groups excluding carboxylic acids is 1. The van der Waals surface area contributed by atoms with Gasteiger partial charge in [-0.3, -0.25) is 4.79 Å². The molecule has 1 aromatic heterocycles. The SMILES string of the molecule is O=Cc1cc(CCBr)on1. The van der Waals surface area contributed by atoms with Crippen LogP contribution in [0, 0.1) is 0 Å². The third kappa shape index (κ3) is 1.67. The molecule has 3 nitrogen and oxygen atoms in total. The zero-order chi connectivity index (χ0) is 7.40. The highest BCUT2D eigenvalue weighted by Crippen LogP contribution is 2.03. The minimum absolute atomic E-state index is 0.357. The van der Waals surface area contributed by atoms with Crippen molar-refractivity contribution in [3.63, 3.8) is 0 Å². The average molecular weight is 204 g/mol. The summed E-state index contributed by atoms with van der Waals surface area (Å²) in [5, 5.41) is 4.31. The maximum atomic E-state index is 10.1. The van der Waals surface area contributed by atoms with Crippen LogP contribution in [0.5, 0.6) is 0 Å². The molecule has 4 heteroatoms. The Labute approximate surface area is 66.5 Å². The lowest BCUT2D eigenvalue weighted by Crippen LogP contribution is -1.79. The number of aryl methyl sites for hydroxylation is 1. The molecule has 0 radical (unpaired) electrons. The number of aromatic nitrogens is 1. The molecule has 0 aromatic carbocycles. The van der Waals surface area contributed by atoms with Gasteiger partial charge in [0.2, 0.25) is 0 Å². The summed E-state index contributed by atoms with van der Waals surface area (Å²) in [5.41, 5.74) is 0.357. The number of nitrogens with zero attached hydrogens (tertiary/aromatic N) is 1. The summed E-state index contributed by atoms with van der Waals surface area (Å²) in [4.78, 5) is 10.1. The van der Waals surface area contributed by atoms with E-state index in [-0.39, 0.29) is 0 Å². The monoisotopic (exact) mass is 203 g/mol. The maximum absolute atomic E-state index is 10.1. The smallest absolute Gasteiger partial charge is 0.171 e. The van der Waals surface area contributed by atoms with Gasteiger partial charge in [-0.15, -0.1) is 0 Å². The Bertz CT molecular complexity index is 221. The molecule has 10 heavy (non-hydrogen) atoms. The Morgan fingerprint density at radius 3 is 3.10 bits per heavy atom. The molecule has 0 fully saturated rings. The van der Waals surface area contributed by atoms with Gasteiger partial charge in [0.25, 0.3) is 0 Å². The molecule has 0 aliphatic heterocycles. The van der Waals surface area contributed by atoms with Crippen LogP contribution in [0.3, 0.4) is 0 Å². The first-order valence-corrected chi connectivity index (χ1v) is 3.95. The minimum Gasteiger partial charge on any atom is -0.361 e. The predicted molar refractivity (Wildman–Crippen MR) is 39.4 cm³/mol. The van der Waals surface area contributed by atoms with E-state index in [0.29, 0.717) is 12.0 Å². The molecule has 0 unspecified atom stereocenters. The Morgan fingerprint density at radius 1 is 1.80 bits per heavy atom. The van der Waals surface area contributed by atoms with Crippen molar-refractivity contribution in [1.29, 1.82) is 0 Å². The van der Waals surface area contributed by atoms with Gasteiger partial charge in [-0.25, -0.2) is 0 Å². The average Bonchev–Trinajstić information content (AvgIpc) is 2.37. The lowest BCUT2D eigenvalue weighted by Gasteiger charge is -1.82. The molecule has 1 aromatic rings. The number of aldehydes is 1. The second-order valence-electron chi connectivity index (χ2n) is 1.77. The number of rotatable bonds is 3. The van der Waals surface area contributed by atoms with Gasteiger partial charge in [0, 0.05) is 17.8 Å². The molecule has 1 heterocycles. The van der Waals surface area contributed by atoms with Crippen molar-refractivity contribution in [3.05, 3.63) is 17.5 Å². The van der Waals surface area contributed by atoms with E-state index in [1.54, 1.807) is 6.07 Å². The molecular weight excluding hydrogens is 198 g/mol. The topological polar surface area (TPSA) is 43.1 Å². The van der Waals surface area contributed by atoms with Crippen LogP contribution in [0.15, 0.2) is 10.6 Å². The van der Waals surface area contributed by atoms with E-state index < -0.39 is 0 Å². The first kappa shape index (κ1) is 7.47. The predicted octanol–water partition coefficient (Wildman–Crippen LogP) is 1.42. The molecule has 0 amide bonds. The number of hydrogen-bond donors (Lipinski definition) is 0. The van der Waals surface area contributed by atoms with Crippen LogP contribution in [-0.4, -0.2) is 16.8 Å². The Kier molecular flexibility index (Phi) is 2.62. The summed E-state index contributed by atoms with van der Waals surface area (Å²) in [6.07, 6.45) is 1.43. The molecule has 1 rings (SSSR count). The highest BCUT2D eigenvalue weighted by Gasteiger charge is 2.00. The van der Waals surface area contributed by atoms with Gasteiger partial charge < -0.3 is 4.52 Å². The molecule has 0 saturated carbocycles. The number of halogens is 1. The first-order chi connectivity index (χ1) is 4.86. The van der Waals surface area contributed by atoms with Gasteiger partial charge >= 0.3 is 0 Å². The van der Waals surface area contributed by atoms with Crippen LogP contribution in [-0.2, 0) is 6.42 Å². The molecule has 0 aliphatic carbocycles. The Morgan fingerprint density at radius 2 is 2.60 bits per heavy atom. The van der Waals surface area contributed by atoms with E-state index >= 15 is 0 Å². The van der Waals surface area contributed by atoms with E-state index in [4.69, 9.17) is 4.52 Å².